The van der Waals surface area contributed by atoms with Gasteiger partial charge in [-0.1, -0.05) is 0 Å². The predicted octanol–water partition coefficient (Wildman–Crippen LogP) is 3.01. The van der Waals surface area contributed by atoms with E-state index < -0.39 is 33.8 Å². The van der Waals surface area contributed by atoms with Crippen molar-refractivity contribution < 1.29 is 30.7 Å². The van der Waals surface area contributed by atoms with E-state index >= 15 is 0 Å². The third kappa shape index (κ3) is 4.96. The molecule has 33 heavy (non-hydrogen) atoms. The van der Waals surface area contributed by atoms with E-state index in [0.29, 0.717) is 0 Å². The van der Waals surface area contributed by atoms with Crippen molar-refractivity contribution in [2.24, 2.45) is 0 Å². The molecule has 14 heteroatoms. The Bertz CT molecular complexity index is 1400. The van der Waals surface area contributed by atoms with Crippen LogP contribution in [0, 0.1) is 12.7 Å². The fourth-order valence-corrected chi connectivity index (χ4v) is 3.93. The van der Waals surface area contributed by atoms with Gasteiger partial charge in [0.2, 0.25) is 5.16 Å². The minimum atomic E-state index is -4.52. The number of nitrogens with zero attached hydrogens (tertiary/aromatic N) is 4. The van der Waals surface area contributed by atoms with Crippen LogP contribution < -0.4 is 9.46 Å². The minimum Gasteiger partial charge on any atom is -0.484 e. The van der Waals surface area contributed by atoms with E-state index in [0.717, 1.165) is 6.07 Å². The lowest BCUT2D eigenvalue weighted by atomic mass is 10.2. The molecule has 0 fully saturated rings. The Labute approximate surface area is 184 Å². The van der Waals surface area contributed by atoms with Crippen LogP contribution in [0.2, 0.25) is 0 Å². The summed E-state index contributed by atoms with van der Waals surface area (Å²) in [7, 11) is -4.18. The van der Waals surface area contributed by atoms with Crippen LogP contribution in [0.5, 0.6) is 5.75 Å². The topological polar surface area (TPSA) is 115 Å². The number of alkyl halides is 3. The highest BCUT2D eigenvalue weighted by Gasteiger charge is 2.29. The first-order chi connectivity index (χ1) is 15.5. The number of rotatable bonds is 7. The summed E-state index contributed by atoms with van der Waals surface area (Å²) in [6, 6.07) is 3.74. The molecule has 4 rings (SSSR count). The summed E-state index contributed by atoms with van der Waals surface area (Å²) >= 11 is 0. The molecule has 3 aromatic heterocycles. The van der Waals surface area contributed by atoms with Crippen LogP contribution in [0.4, 0.5) is 17.6 Å². The first-order valence-electron chi connectivity index (χ1n) is 9.35. The summed E-state index contributed by atoms with van der Waals surface area (Å²) in [6.07, 6.45) is 1.07. The van der Waals surface area contributed by atoms with Gasteiger partial charge in [-0.25, -0.2) is 27.5 Å². The molecule has 174 valence electrons. The second-order valence-electron chi connectivity index (χ2n) is 6.94. The van der Waals surface area contributed by atoms with Gasteiger partial charge in [0.25, 0.3) is 10.0 Å². The zero-order valence-electron chi connectivity index (χ0n) is 16.9. The van der Waals surface area contributed by atoms with E-state index in [1.165, 1.54) is 48.5 Å². The second kappa shape index (κ2) is 8.44. The molecule has 0 bridgehead atoms. The molecule has 0 unspecified atom stereocenters. The van der Waals surface area contributed by atoms with Gasteiger partial charge < -0.3 is 14.3 Å². The van der Waals surface area contributed by atoms with Crippen LogP contribution in [0.25, 0.3) is 16.7 Å². The number of aromatic amines is 1. The number of fused-ring (bicyclic) bond motifs is 1. The van der Waals surface area contributed by atoms with Crippen LogP contribution in [0.3, 0.4) is 0 Å². The lowest BCUT2D eigenvalue weighted by Gasteiger charge is -2.13. The fourth-order valence-electron chi connectivity index (χ4n) is 3.01. The number of aromatic nitrogens is 5. The monoisotopic (exact) mass is 484 g/mol. The summed E-state index contributed by atoms with van der Waals surface area (Å²) < 4.78 is 85.5. The molecule has 0 amide bonds. The minimum absolute atomic E-state index is 0.0669. The summed E-state index contributed by atoms with van der Waals surface area (Å²) in [5.74, 6) is -0.681. The molecular formula is C19H16F4N6O3S. The molecule has 0 saturated carbocycles. The molecule has 0 radical (unpaired) electrons. The van der Waals surface area contributed by atoms with E-state index in [4.69, 9.17) is 4.74 Å². The van der Waals surface area contributed by atoms with Crippen molar-refractivity contribution in [1.82, 2.24) is 29.2 Å². The largest absolute Gasteiger partial charge is 0.484 e. The van der Waals surface area contributed by atoms with Crippen molar-refractivity contribution in [1.29, 1.82) is 0 Å². The maximum absolute atomic E-state index is 14.4. The molecule has 4 aromatic rings. The van der Waals surface area contributed by atoms with Crippen LogP contribution in [-0.2, 0) is 16.6 Å². The number of ether oxygens (including phenoxy) is 1. The van der Waals surface area contributed by atoms with Gasteiger partial charge in [-0.05, 0) is 19.1 Å². The average molecular weight is 484 g/mol. The van der Waals surface area contributed by atoms with E-state index in [2.05, 4.69) is 24.7 Å². The lowest BCUT2D eigenvalue weighted by molar-refractivity contribution is -0.153. The fraction of sp³-hybridized carbons (Fsp3) is 0.211. The van der Waals surface area contributed by atoms with E-state index in [9.17, 15) is 26.0 Å². The average Bonchev–Trinajstić information content (AvgIpc) is 3.41. The molecule has 0 spiro atoms. The van der Waals surface area contributed by atoms with Gasteiger partial charge >= 0.3 is 6.18 Å². The third-order valence-electron chi connectivity index (χ3n) is 4.65. The Balaban J connectivity index is 1.55. The molecule has 0 aliphatic rings. The van der Waals surface area contributed by atoms with Crippen molar-refractivity contribution in [3.05, 3.63) is 60.2 Å². The van der Waals surface area contributed by atoms with Crippen LogP contribution in [0.1, 0.15) is 11.3 Å². The Morgan fingerprint density at radius 1 is 1.24 bits per heavy atom. The van der Waals surface area contributed by atoms with Crippen molar-refractivity contribution in [3.8, 4) is 11.4 Å². The van der Waals surface area contributed by atoms with Gasteiger partial charge in [0.05, 0.1) is 35.3 Å². The molecule has 0 atom stereocenters. The number of hydrogen-bond acceptors (Lipinski definition) is 6. The second-order valence-corrected chi connectivity index (χ2v) is 8.62. The number of nitrogens with one attached hydrogen (secondary N) is 2. The normalized spacial score (nSPS) is 12.4. The first kappa shape index (κ1) is 22.7. The number of H-pyrrole nitrogens is 1. The van der Waals surface area contributed by atoms with E-state index in [1.54, 1.807) is 0 Å². The zero-order valence-corrected chi connectivity index (χ0v) is 17.7. The smallest absolute Gasteiger partial charge is 0.422 e. The first-order valence-corrected chi connectivity index (χ1v) is 10.8. The van der Waals surface area contributed by atoms with Crippen LogP contribution in [0.15, 0.2) is 48.3 Å². The van der Waals surface area contributed by atoms with Crippen LogP contribution >= 0.6 is 0 Å². The van der Waals surface area contributed by atoms with Gasteiger partial charge in [-0.3, -0.25) is 4.98 Å². The number of hydrogen-bond donors (Lipinski definition) is 2. The summed E-state index contributed by atoms with van der Waals surface area (Å²) in [4.78, 5) is 14.4. The van der Waals surface area contributed by atoms with Crippen molar-refractivity contribution in [2.75, 3.05) is 6.61 Å². The molecule has 0 aliphatic carbocycles. The Kier molecular flexibility index (Phi) is 5.80. The third-order valence-corrected chi connectivity index (χ3v) is 5.87. The number of benzene rings is 1. The SMILES string of the molecule is Cc1c(OCC(F)(F)F)ccnc1CNS(=O)(=O)c1nc2cc(-n3ccnc3)c(F)cc2[nH]1. The van der Waals surface area contributed by atoms with Gasteiger partial charge in [0.1, 0.15) is 11.6 Å². The van der Waals surface area contributed by atoms with Gasteiger partial charge in [0, 0.05) is 30.2 Å². The van der Waals surface area contributed by atoms with E-state index in [-0.39, 0.29) is 40.3 Å². The molecule has 0 saturated heterocycles. The zero-order chi connectivity index (χ0) is 23.8. The number of halogens is 4. The molecule has 9 nitrogen and oxygen atoms in total. The highest BCUT2D eigenvalue weighted by Crippen LogP contribution is 2.24. The molecule has 0 aliphatic heterocycles. The molecule has 1 aromatic carbocycles. The van der Waals surface area contributed by atoms with Crippen molar-refractivity contribution in [2.45, 2.75) is 24.8 Å². The molecule has 2 N–H and O–H groups in total. The number of sulfonamides is 1. The molecular weight excluding hydrogens is 468 g/mol. The highest BCUT2D eigenvalue weighted by atomic mass is 32.2. The van der Waals surface area contributed by atoms with Gasteiger partial charge in [0.15, 0.2) is 6.61 Å². The summed E-state index contributed by atoms with van der Waals surface area (Å²) in [6.45, 7) is -0.355. The number of pyridine rings is 1. The Morgan fingerprint density at radius 3 is 2.73 bits per heavy atom. The highest BCUT2D eigenvalue weighted by molar-refractivity contribution is 7.89. The number of imidazole rings is 2. The Morgan fingerprint density at radius 2 is 2.03 bits per heavy atom. The Hall–Kier alpha value is -3.52. The summed E-state index contributed by atoms with van der Waals surface area (Å²) in [5, 5.41) is -0.457. The predicted molar refractivity (Wildman–Crippen MR) is 108 cm³/mol. The maximum Gasteiger partial charge on any atom is 0.422 e. The standard InChI is InChI=1S/C19H16F4N6O3S/c1-11-15(25-3-2-17(11)32-9-19(21,22)23)8-26-33(30,31)18-27-13-6-12(20)16(7-14(13)28-18)29-5-4-24-10-29/h2-7,10,26H,8-9H2,1H3,(H,27,28). The lowest BCUT2D eigenvalue weighted by Crippen LogP contribution is -2.25. The van der Waals surface area contributed by atoms with E-state index in [1.807, 2.05) is 0 Å². The van der Waals surface area contributed by atoms with Crippen molar-refractivity contribution in [3.63, 3.8) is 0 Å². The van der Waals surface area contributed by atoms with Crippen molar-refractivity contribution >= 4 is 21.1 Å². The summed E-state index contributed by atoms with van der Waals surface area (Å²) in [5.41, 5.74) is 0.925. The maximum atomic E-state index is 14.4. The van der Waals surface area contributed by atoms with Gasteiger partial charge in [-0.15, -0.1) is 0 Å². The molecule has 3 heterocycles. The van der Waals surface area contributed by atoms with Crippen LogP contribution in [-0.4, -0.2) is 45.7 Å². The quantitative estimate of drug-likeness (QED) is 0.390. The van der Waals surface area contributed by atoms with Gasteiger partial charge in [-0.2, -0.15) is 13.2 Å².